The van der Waals surface area contributed by atoms with Gasteiger partial charge >= 0.3 is 0 Å². The fourth-order valence-electron chi connectivity index (χ4n) is 1.43. The van der Waals surface area contributed by atoms with E-state index in [1.807, 2.05) is 19.9 Å². The average Bonchev–Trinajstić information content (AvgIpc) is 1.85. The van der Waals surface area contributed by atoms with Crippen molar-refractivity contribution in [2.45, 2.75) is 20.3 Å². The number of hydrogen-bond acceptors (Lipinski definition) is 2. The van der Waals surface area contributed by atoms with Crippen molar-refractivity contribution in [3.05, 3.63) is 12.2 Å². The molecule has 0 spiro atoms. The largest absolute Gasteiger partial charge is 0.396 e. The molecule has 2 heteroatoms. The van der Waals surface area contributed by atoms with E-state index >= 15 is 0 Å². The van der Waals surface area contributed by atoms with E-state index in [1.54, 1.807) is 6.08 Å². The first-order valence-corrected chi connectivity index (χ1v) is 3.88. The minimum Gasteiger partial charge on any atom is -0.396 e. The van der Waals surface area contributed by atoms with Crippen LogP contribution in [-0.4, -0.2) is 17.5 Å². The summed E-state index contributed by atoms with van der Waals surface area (Å²) < 4.78 is 0. The van der Waals surface area contributed by atoms with Crippen LogP contribution in [-0.2, 0) is 4.79 Å². The molecule has 0 aromatic carbocycles. The van der Waals surface area contributed by atoms with Gasteiger partial charge in [-0.15, -0.1) is 0 Å². The first-order chi connectivity index (χ1) is 5.06. The molecule has 0 aliphatic heterocycles. The van der Waals surface area contributed by atoms with Gasteiger partial charge in [0.15, 0.2) is 5.78 Å². The van der Waals surface area contributed by atoms with Crippen LogP contribution in [0.15, 0.2) is 12.2 Å². The van der Waals surface area contributed by atoms with Crippen LogP contribution in [0.5, 0.6) is 0 Å². The molecule has 1 unspecified atom stereocenters. The second-order valence-electron chi connectivity index (χ2n) is 3.78. The quantitative estimate of drug-likeness (QED) is 0.615. The van der Waals surface area contributed by atoms with Crippen LogP contribution >= 0.6 is 0 Å². The molecule has 2 nitrogen and oxygen atoms in total. The first-order valence-electron chi connectivity index (χ1n) is 3.88. The van der Waals surface area contributed by atoms with Gasteiger partial charge in [0.25, 0.3) is 0 Å². The number of hydrogen-bond donors (Lipinski definition) is 1. The van der Waals surface area contributed by atoms with Crippen LogP contribution in [0.25, 0.3) is 0 Å². The second-order valence-corrected chi connectivity index (χ2v) is 3.78. The van der Waals surface area contributed by atoms with Crippen molar-refractivity contribution in [3.8, 4) is 0 Å². The average molecular weight is 154 g/mol. The Bertz CT molecular complexity index is 192. The molecule has 0 aromatic heterocycles. The van der Waals surface area contributed by atoms with E-state index in [9.17, 15) is 4.79 Å². The van der Waals surface area contributed by atoms with E-state index < -0.39 is 0 Å². The highest BCUT2D eigenvalue weighted by atomic mass is 16.3. The summed E-state index contributed by atoms with van der Waals surface area (Å²) in [6.45, 7) is 4.15. The monoisotopic (exact) mass is 154 g/mol. The topological polar surface area (TPSA) is 37.3 Å². The Labute approximate surface area is 66.9 Å². The Morgan fingerprint density at radius 2 is 2.36 bits per heavy atom. The van der Waals surface area contributed by atoms with Gasteiger partial charge in [0.1, 0.15) is 0 Å². The Balaban J connectivity index is 2.80. The second kappa shape index (κ2) is 2.78. The van der Waals surface area contributed by atoms with Crippen molar-refractivity contribution >= 4 is 5.78 Å². The number of carbonyl (C=O) groups is 1. The lowest BCUT2D eigenvalue weighted by Crippen LogP contribution is -2.31. The Morgan fingerprint density at radius 1 is 1.73 bits per heavy atom. The lowest BCUT2D eigenvalue weighted by atomic mass is 9.72. The van der Waals surface area contributed by atoms with Gasteiger partial charge in [-0.2, -0.15) is 0 Å². The van der Waals surface area contributed by atoms with Crippen LogP contribution in [0.2, 0.25) is 0 Å². The molecule has 1 atom stereocenters. The SMILES string of the molecule is CC1(C)CC(=O)C=CC1CO. The van der Waals surface area contributed by atoms with Gasteiger partial charge in [0, 0.05) is 18.9 Å². The predicted molar refractivity (Wildman–Crippen MR) is 43.1 cm³/mol. The van der Waals surface area contributed by atoms with E-state index in [1.165, 1.54) is 0 Å². The highest BCUT2D eigenvalue weighted by Crippen LogP contribution is 2.34. The molecular weight excluding hydrogens is 140 g/mol. The van der Waals surface area contributed by atoms with E-state index in [0.29, 0.717) is 6.42 Å². The van der Waals surface area contributed by atoms with Crippen LogP contribution < -0.4 is 0 Å². The van der Waals surface area contributed by atoms with Gasteiger partial charge in [-0.25, -0.2) is 0 Å². The Morgan fingerprint density at radius 3 is 2.82 bits per heavy atom. The van der Waals surface area contributed by atoms with Gasteiger partial charge in [-0.3, -0.25) is 4.79 Å². The maximum atomic E-state index is 11.0. The molecule has 0 heterocycles. The smallest absolute Gasteiger partial charge is 0.155 e. The zero-order valence-corrected chi connectivity index (χ0v) is 7.00. The van der Waals surface area contributed by atoms with Crippen molar-refractivity contribution in [3.63, 3.8) is 0 Å². The summed E-state index contributed by atoms with van der Waals surface area (Å²) in [5.74, 6) is 0.305. The lowest BCUT2D eigenvalue weighted by Gasteiger charge is -2.32. The minimum absolute atomic E-state index is 0.0689. The van der Waals surface area contributed by atoms with Crippen molar-refractivity contribution in [2.24, 2.45) is 11.3 Å². The molecule has 1 aliphatic rings. The summed E-state index contributed by atoms with van der Waals surface area (Å²) in [7, 11) is 0. The molecule has 1 N–H and O–H groups in total. The zero-order chi connectivity index (χ0) is 8.48. The van der Waals surface area contributed by atoms with Gasteiger partial charge in [-0.05, 0) is 11.5 Å². The molecule has 0 bridgehead atoms. The molecule has 0 saturated heterocycles. The maximum Gasteiger partial charge on any atom is 0.155 e. The van der Waals surface area contributed by atoms with Crippen LogP contribution in [0.4, 0.5) is 0 Å². The summed E-state index contributed by atoms with van der Waals surface area (Å²) in [4.78, 5) is 11.0. The standard InChI is InChI=1S/C9H14O2/c1-9(2)5-8(11)4-3-7(9)6-10/h3-4,7,10H,5-6H2,1-2H3. The molecule has 0 amide bonds. The molecule has 11 heavy (non-hydrogen) atoms. The lowest BCUT2D eigenvalue weighted by molar-refractivity contribution is -0.117. The Kier molecular flexibility index (Phi) is 2.14. The minimum atomic E-state index is -0.0689. The number of carbonyl (C=O) groups excluding carboxylic acids is 1. The summed E-state index contributed by atoms with van der Waals surface area (Å²) in [5, 5.41) is 8.95. The van der Waals surface area contributed by atoms with E-state index in [2.05, 4.69) is 0 Å². The number of rotatable bonds is 1. The molecule has 1 aliphatic carbocycles. The van der Waals surface area contributed by atoms with Crippen molar-refractivity contribution in [1.82, 2.24) is 0 Å². The zero-order valence-electron chi connectivity index (χ0n) is 7.00. The fourth-order valence-corrected chi connectivity index (χ4v) is 1.43. The highest BCUT2D eigenvalue weighted by Gasteiger charge is 2.31. The molecule has 0 fully saturated rings. The number of ketones is 1. The third-order valence-corrected chi connectivity index (χ3v) is 2.34. The Hall–Kier alpha value is -0.630. The van der Waals surface area contributed by atoms with Crippen LogP contribution in [0, 0.1) is 11.3 Å². The fraction of sp³-hybridized carbons (Fsp3) is 0.667. The normalized spacial score (nSPS) is 29.0. The third-order valence-electron chi connectivity index (χ3n) is 2.34. The number of aliphatic hydroxyl groups is 1. The molecule has 0 aromatic rings. The van der Waals surface area contributed by atoms with Gasteiger partial charge in [-0.1, -0.05) is 19.9 Å². The molecule has 1 rings (SSSR count). The molecule has 62 valence electrons. The number of allylic oxidation sites excluding steroid dienone is 1. The predicted octanol–water partition coefficient (Wildman–Crippen LogP) is 1.15. The van der Waals surface area contributed by atoms with Crippen LogP contribution in [0.3, 0.4) is 0 Å². The van der Waals surface area contributed by atoms with Crippen LogP contribution in [0.1, 0.15) is 20.3 Å². The molecule has 0 radical (unpaired) electrons. The van der Waals surface area contributed by atoms with Gasteiger partial charge in [0.05, 0.1) is 0 Å². The highest BCUT2D eigenvalue weighted by molar-refractivity contribution is 5.91. The first kappa shape index (κ1) is 8.47. The summed E-state index contributed by atoms with van der Waals surface area (Å²) in [6.07, 6.45) is 3.94. The third kappa shape index (κ3) is 1.69. The van der Waals surface area contributed by atoms with Gasteiger partial charge in [0.2, 0.25) is 0 Å². The number of aliphatic hydroxyl groups excluding tert-OH is 1. The summed E-state index contributed by atoms with van der Waals surface area (Å²) in [5.41, 5.74) is -0.0689. The summed E-state index contributed by atoms with van der Waals surface area (Å²) >= 11 is 0. The maximum absolute atomic E-state index is 11.0. The molecule has 0 saturated carbocycles. The molecular formula is C9H14O2. The van der Waals surface area contributed by atoms with Crippen molar-refractivity contribution < 1.29 is 9.90 Å². The van der Waals surface area contributed by atoms with Crippen molar-refractivity contribution in [2.75, 3.05) is 6.61 Å². The summed E-state index contributed by atoms with van der Waals surface area (Å²) in [6, 6.07) is 0. The van der Waals surface area contributed by atoms with E-state index in [4.69, 9.17) is 5.11 Å². The van der Waals surface area contributed by atoms with E-state index in [0.717, 1.165) is 0 Å². The van der Waals surface area contributed by atoms with Crippen molar-refractivity contribution in [1.29, 1.82) is 0 Å². The van der Waals surface area contributed by atoms with E-state index in [-0.39, 0.29) is 23.7 Å². The van der Waals surface area contributed by atoms with Gasteiger partial charge < -0.3 is 5.11 Å².